The van der Waals surface area contributed by atoms with Crippen LogP contribution in [-0.2, 0) is 11.3 Å². The van der Waals surface area contributed by atoms with Gasteiger partial charge in [-0.1, -0.05) is 37.3 Å². The van der Waals surface area contributed by atoms with Crippen molar-refractivity contribution in [1.82, 2.24) is 15.5 Å². The zero-order chi connectivity index (χ0) is 18.5. The third kappa shape index (κ3) is 4.73. The highest BCUT2D eigenvalue weighted by atomic mass is 19.4. The number of rotatable bonds is 7. The van der Waals surface area contributed by atoms with Crippen LogP contribution in [0.4, 0.5) is 13.2 Å². The van der Waals surface area contributed by atoms with Gasteiger partial charge in [0, 0.05) is 25.7 Å². The Hall–Kier alpha value is -1.60. The number of halogens is 3. The summed E-state index contributed by atoms with van der Waals surface area (Å²) in [6.45, 7) is 5.00. The van der Waals surface area contributed by atoms with Crippen molar-refractivity contribution in [3.05, 3.63) is 35.9 Å². The molecule has 140 valence electrons. The van der Waals surface area contributed by atoms with Crippen molar-refractivity contribution in [3.8, 4) is 0 Å². The Morgan fingerprint density at radius 2 is 2.00 bits per heavy atom. The van der Waals surface area contributed by atoms with Gasteiger partial charge in [-0.25, -0.2) is 0 Å². The van der Waals surface area contributed by atoms with Gasteiger partial charge in [0.1, 0.15) is 0 Å². The number of alkyl halides is 3. The van der Waals surface area contributed by atoms with E-state index in [1.54, 1.807) is 4.90 Å². The molecule has 2 rings (SSSR count). The van der Waals surface area contributed by atoms with Gasteiger partial charge >= 0.3 is 6.18 Å². The Morgan fingerprint density at radius 1 is 1.32 bits per heavy atom. The zero-order valence-electron chi connectivity index (χ0n) is 14.7. The molecule has 1 aromatic rings. The molecule has 1 amide bonds. The van der Waals surface area contributed by atoms with Crippen LogP contribution in [0.25, 0.3) is 0 Å². The molecule has 2 atom stereocenters. The van der Waals surface area contributed by atoms with Crippen LogP contribution < -0.4 is 10.6 Å². The van der Waals surface area contributed by atoms with Gasteiger partial charge in [0.05, 0.1) is 0 Å². The summed E-state index contributed by atoms with van der Waals surface area (Å²) in [4.78, 5) is 14.1. The number of carbonyl (C=O) groups excluding carboxylic acids is 1. The zero-order valence-corrected chi connectivity index (χ0v) is 14.7. The maximum atomic E-state index is 13.7. The highest BCUT2D eigenvalue weighted by molar-refractivity contribution is 5.84. The predicted molar refractivity (Wildman–Crippen MR) is 91.0 cm³/mol. The van der Waals surface area contributed by atoms with E-state index in [0.29, 0.717) is 13.1 Å². The van der Waals surface area contributed by atoms with Crippen LogP contribution in [0, 0.1) is 5.41 Å². The summed E-state index contributed by atoms with van der Waals surface area (Å²) in [6, 6.07) is 9.28. The summed E-state index contributed by atoms with van der Waals surface area (Å²) >= 11 is 0. The van der Waals surface area contributed by atoms with E-state index < -0.39 is 17.5 Å². The Balaban J connectivity index is 2.05. The second-order valence-corrected chi connectivity index (χ2v) is 6.69. The number of likely N-dealkylation sites (N-methyl/N-ethyl adjacent to an activating group) is 1. The van der Waals surface area contributed by atoms with Crippen LogP contribution in [0.3, 0.4) is 0 Å². The number of carbonyl (C=O) groups is 1. The van der Waals surface area contributed by atoms with Crippen molar-refractivity contribution in [1.29, 1.82) is 0 Å². The van der Waals surface area contributed by atoms with Gasteiger partial charge in [-0.2, -0.15) is 13.2 Å². The molecule has 0 spiro atoms. The molecular weight excluding hydrogens is 331 g/mol. The summed E-state index contributed by atoms with van der Waals surface area (Å²) in [6.07, 6.45) is -4.77. The summed E-state index contributed by atoms with van der Waals surface area (Å²) < 4.78 is 41.2. The van der Waals surface area contributed by atoms with E-state index in [0.717, 1.165) is 5.56 Å². The second-order valence-electron chi connectivity index (χ2n) is 6.69. The number of likely N-dealkylation sites (tertiary alicyclic amines) is 1. The van der Waals surface area contributed by atoms with E-state index in [9.17, 15) is 18.0 Å². The first-order valence-corrected chi connectivity index (χ1v) is 8.63. The van der Waals surface area contributed by atoms with Gasteiger partial charge in [-0.3, -0.25) is 9.69 Å². The Bertz CT molecular complexity index is 564. The Morgan fingerprint density at radius 3 is 2.60 bits per heavy atom. The number of nitrogens with zero attached hydrogens (tertiary/aromatic N) is 1. The Labute approximate surface area is 146 Å². The van der Waals surface area contributed by atoms with Gasteiger partial charge in [0.25, 0.3) is 0 Å². The SMILES string of the molecule is CCN[C@H](C)CNC(=O)C1(C(F)(F)F)CCN(Cc2ccccc2)C1. The maximum absolute atomic E-state index is 13.7. The molecule has 1 aliphatic heterocycles. The van der Waals surface area contributed by atoms with E-state index in [4.69, 9.17) is 0 Å². The average molecular weight is 357 g/mol. The fourth-order valence-corrected chi connectivity index (χ4v) is 3.25. The molecule has 1 unspecified atom stereocenters. The second kappa shape index (κ2) is 8.19. The normalized spacial score (nSPS) is 22.8. The van der Waals surface area contributed by atoms with E-state index in [1.807, 2.05) is 44.2 Å². The highest BCUT2D eigenvalue weighted by Crippen LogP contribution is 2.46. The number of amides is 1. The molecule has 0 aliphatic carbocycles. The summed E-state index contributed by atoms with van der Waals surface area (Å²) in [5.41, 5.74) is -1.38. The lowest BCUT2D eigenvalue weighted by molar-refractivity contribution is -0.218. The summed E-state index contributed by atoms with van der Waals surface area (Å²) in [5.74, 6) is -0.916. The standard InChI is InChI=1S/C18H26F3N3O/c1-3-22-14(2)11-23-16(25)17(18(19,20)21)9-10-24(13-17)12-15-7-5-4-6-8-15/h4-8,14,22H,3,9-13H2,1-2H3,(H,23,25)/t14-,17?/m1/s1. The molecule has 1 fully saturated rings. The van der Waals surface area contributed by atoms with Crippen LogP contribution in [0.5, 0.6) is 0 Å². The molecule has 0 saturated carbocycles. The average Bonchev–Trinajstić information content (AvgIpc) is 2.99. The predicted octanol–water partition coefficient (Wildman–Crippen LogP) is 2.56. The maximum Gasteiger partial charge on any atom is 0.404 e. The molecule has 4 nitrogen and oxygen atoms in total. The highest BCUT2D eigenvalue weighted by Gasteiger charge is 2.62. The number of hydrogen-bond acceptors (Lipinski definition) is 3. The molecule has 7 heteroatoms. The lowest BCUT2D eigenvalue weighted by atomic mass is 9.85. The van der Waals surface area contributed by atoms with Crippen molar-refractivity contribution in [2.24, 2.45) is 5.41 Å². The molecule has 1 aliphatic rings. The first kappa shape index (κ1) is 19.7. The fraction of sp³-hybridized carbons (Fsp3) is 0.611. The van der Waals surface area contributed by atoms with Crippen LogP contribution in [0.15, 0.2) is 30.3 Å². The van der Waals surface area contributed by atoms with E-state index in [2.05, 4.69) is 10.6 Å². The quantitative estimate of drug-likeness (QED) is 0.788. The number of nitrogens with one attached hydrogen (secondary N) is 2. The third-order valence-electron chi connectivity index (χ3n) is 4.70. The van der Waals surface area contributed by atoms with Gasteiger partial charge in [0.15, 0.2) is 5.41 Å². The van der Waals surface area contributed by atoms with Crippen molar-refractivity contribution < 1.29 is 18.0 Å². The van der Waals surface area contributed by atoms with Gasteiger partial charge in [-0.05, 0) is 32.0 Å². The van der Waals surface area contributed by atoms with Crippen LogP contribution in [0.2, 0.25) is 0 Å². The number of hydrogen-bond donors (Lipinski definition) is 2. The van der Waals surface area contributed by atoms with Gasteiger partial charge < -0.3 is 10.6 Å². The van der Waals surface area contributed by atoms with Gasteiger partial charge in [-0.15, -0.1) is 0 Å². The monoisotopic (exact) mass is 357 g/mol. The lowest BCUT2D eigenvalue weighted by Gasteiger charge is -2.31. The minimum atomic E-state index is -4.57. The molecule has 1 heterocycles. The molecule has 25 heavy (non-hydrogen) atoms. The molecular formula is C18H26F3N3O. The largest absolute Gasteiger partial charge is 0.404 e. The smallest absolute Gasteiger partial charge is 0.354 e. The van der Waals surface area contributed by atoms with Gasteiger partial charge in [0.2, 0.25) is 5.91 Å². The summed E-state index contributed by atoms with van der Waals surface area (Å²) in [5, 5.41) is 5.57. The van der Waals surface area contributed by atoms with Crippen molar-refractivity contribution >= 4 is 5.91 Å². The van der Waals surface area contributed by atoms with E-state index in [1.165, 1.54) is 0 Å². The van der Waals surface area contributed by atoms with Crippen LogP contribution in [-0.4, -0.2) is 49.2 Å². The lowest BCUT2D eigenvalue weighted by Crippen LogP contribution is -2.54. The first-order chi connectivity index (χ1) is 11.8. The van der Waals surface area contributed by atoms with Crippen molar-refractivity contribution in [2.45, 2.75) is 39.0 Å². The topological polar surface area (TPSA) is 44.4 Å². The Kier molecular flexibility index (Phi) is 6.46. The van der Waals surface area contributed by atoms with Crippen molar-refractivity contribution in [2.75, 3.05) is 26.2 Å². The third-order valence-corrected chi connectivity index (χ3v) is 4.70. The molecule has 0 aromatic heterocycles. The number of benzene rings is 1. The minimum Gasteiger partial charge on any atom is -0.354 e. The molecule has 2 N–H and O–H groups in total. The fourth-order valence-electron chi connectivity index (χ4n) is 3.25. The molecule has 0 bridgehead atoms. The summed E-state index contributed by atoms with van der Waals surface area (Å²) in [7, 11) is 0. The van der Waals surface area contributed by atoms with Crippen LogP contribution >= 0.6 is 0 Å². The molecule has 0 radical (unpaired) electrons. The van der Waals surface area contributed by atoms with E-state index >= 15 is 0 Å². The van der Waals surface area contributed by atoms with E-state index in [-0.39, 0.29) is 32.1 Å². The molecule has 1 aromatic carbocycles. The van der Waals surface area contributed by atoms with Crippen LogP contribution in [0.1, 0.15) is 25.8 Å². The molecule has 1 saturated heterocycles. The minimum absolute atomic E-state index is 0.0685. The van der Waals surface area contributed by atoms with Crippen molar-refractivity contribution in [3.63, 3.8) is 0 Å². The first-order valence-electron chi connectivity index (χ1n) is 8.63.